The van der Waals surface area contributed by atoms with Crippen LogP contribution in [0.4, 0.5) is 15.8 Å². The summed E-state index contributed by atoms with van der Waals surface area (Å²) in [5, 5.41) is 9.29. The van der Waals surface area contributed by atoms with Gasteiger partial charge in [-0.15, -0.1) is 0 Å². The molecule has 0 aromatic heterocycles. The second-order valence-corrected chi connectivity index (χ2v) is 5.07. The van der Waals surface area contributed by atoms with Gasteiger partial charge in [-0.3, -0.25) is 0 Å². The van der Waals surface area contributed by atoms with E-state index < -0.39 is 5.82 Å². The number of nitrogens with zero attached hydrogens (tertiary/aromatic N) is 1. The Labute approximate surface area is 114 Å². The van der Waals surface area contributed by atoms with Crippen LogP contribution in [0.1, 0.15) is 27.2 Å². The first kappa shape index (κ1) is 15.6. The smallest absolute Gasteiger partial charge is 0.167 e. The molecule has 3 N–H and O–H groups in total. The zero-order chi connectivity index (χ0) is 14.6. The van der Waals surface area contributed by atoms with Gasteiger partial charge in [-0.05, 0) is 27.2 Å². The van der Waals surface area contributed by atoms with Gasteiger partial charge < -0.3 is 20.5 Å². The average molecular weight is 270 g/mol. The van der Waals surface area contributed by atoms with Crippen LogP contribution in [0.2, 0.25) is 0 Å². The molecule has 19 heavy (non-hydrogen) atoms. The number of aliphatic hydroxyl groups excluding tert-OH is 1. The third kappa shape index (κ3) is 4.59. The van der Waals surface area contributed by atoms with Crippen molar-refractivity contribution >= 4 is 11.4 Å². The molecule has 108 valence electrons. The normalized spacial score (nSPS) is 12.6. The van der Waals surface area contributed by atoms with Crippen molar-refractivity contribution in [1.29, 1.82) is 0 Å². The van der Waals surface area contributed by atoms with Crippen molar-refractivity contribution in [2.24, 2.45) is 0 Å². The molecule has 0 amide bonds. The van der Waals surface area contributed by atoms with Crippen LogP contribution in [-0.2, 0) is 0 Å². The predicted molar refractivity (Wildman–Crippen MR) is 76.1 cm³/mol. The zero-order valence-electron chi connectivity index (χ0n) is 12.0. The number of halogens is 1. The van der Waals surface area contributed by atoms with E-state index in [0.717, 1.165) is 0 Å². The van der Waals surface area contributed by atoms with E-state index in [9.17, 15) is 9.50 Å². The summed E-state index contributed by atoms with van der Waals surface area (Å²) in [6, 6.07) is 2.87. The van der Waals surface area contributed by atoms with Crippen molar-refractivity contribution in [2.45, 2.75) is 39.4 Å². The van der Waals surface area contributed by atoms with Gasteiger partial charge in [0.1, 0.15) is 0 Å². The maximum atomic E-state index is 13.7. The van der Waals surface area contributed by atoms with Crippen LogP contribution < -0.4 is 15.4 Å². The van der Waals surface area contributed by atoms with E-state index in [2.05, 4.69) is 0 Å². The highest BCUT2D eigenvalue weighted by molar-refractivity contribution is 5.69. The molecule has 0 radical (unpaired) electrons. The molecule has 0 aliphatic rings. The summed E-state index contributed by atoms with van der Waals surface area (Å²) < 4.78 is 19.1. The predicted octanol–water partition coefficient (Wildman–Crippen LogP) is 2.40. The third-order valence-corrected chi connectivity index (χ3v) is 2.74. The molecule has 0 bridgehead atoms. The second-order valence-electron chi connectivity index (χ2n) is 5.07. The number of rotatable bonds is 6. The van der Waals surface area contributed by atoms with Crippen LogP contribution >= 0.6 is 0 Å². The summed E-state index contributed by atoms with van der Waals surface area (Å²) in [7, 11) is 1.85. The van der Waals surface area contributed by atoms with Crippen LogP contribution in [0, 0.1) is 5.82 Å². The molecule has 4 nitrogen and oxygen atoms in total. The quantitative estimate of drug-likeness (QED) is 0.779. The summed E-state index contributed by atoms with van der Waals surface area (Å²) in [6.07, 6.45) is 0.137. The van der Waals surface area contributed by atoms with Crippen LogP contribution in [0.25, 0.3) is 0 Å². The average Bonchev–Trinajstić information content (AvgIpc) is 2.29. The van der Waals surface area contributed by atoms with E-state index in [1.165, 1.54) is 6.07 Å². The van der Waals surface area contributed by atoms with Crippen molar-refractivity contribution < 1.29 is 14.2 Å². The van der Waals surface area contributed by atoms with Gasteiger partial charge in [-0.2, -0.15) is 0 Å². The first-order valence-corrected chi connectivity index (χ1v) is 6.46. The summed E-state index contributed by atoms with van der Waals surface area (Å²) >= 11 is 0. The third-order valence-electron chi connectivity index (χ3n) is 2.74. The molecule has 0 spiro atoms. The molecule has 0 fully saturated rings. The Morgan fingerprint density at radius 1 is 1.37 bits per heavy atom. The Morgan fingerprint density at radius 3 is 2.53 bits per heavy atom. The van der Waals surface area contributed by atoms with Gasteiger partial charge in [-0.1, -0.05) is 0 Å². The van der Waals surface area contributed by atoms with Gasteiger partial charge in [0.2, 0.25) is 0 Å². The van der Waals surface area contributed by atoms with Crippen LogP contribution in [0.5, 0.6) is 5.75 Å². The lowest BCUT2D eigenvalue weighted by Gasteiger charge is -2.23. The van der Waals surface area contributed by atoms with E-state index in [1.54, 1.807) is 13.0 Å². The lowest BCUT2D eigenvalue weighted by molar-refractivity contribution is 0.187. The molecule has 1 aromatic carbocycles. The fourth-order valence-electron chi connectivity index (χ4n) is 1.73. The van der Waals surface area contributed by atoms with E-state index in [0.29, 0.717) is 24.3 Å². The molecule has 5 heteroatoms. The molecular formula is C14H23FN2O2. The van der Waals surface area contributed by atoms with Gasteiger partial charge in [-0.25, -0.2) is 4.39 Å². The lowest BCUT2D eigenvalue weighted by Crippen LogP contribution is -2.23. The van der Waals surface area contributed by atoms with Gasteiger partial charge in [0.25, 0.3) is 0 Å². The Bertz CT molecular complexity index is 422. The summed E-state index contributed by atoms with van der Waals surface area (Å²) in [5.74, 6) is -0.262. The number of benzene rings is 1. The van der Waals surface area contributed by atoms with Crippen molar-refractivity contribution in [1.82, 2.24) is 0 Å². The molecule has 1 unspecified atom stereocenters. The minimum atomic E-state index is -0.459. The number of anilines is 2. The number of nitrogen functional groups attached to an aromatic ring is 1. The standard InChI is InChI=1S/C14H23FN2O2/c1-9(2)19-14-8-13(12(16)7-11(14)15)17(4)6-5-10(3)18/h7-10,18H,5-6,16H2,1-4H3. The maximum Gasteiger partial charge on any atom is 0.167 e. The van der Waals surface area contributed by atoms with Crippen molar-refractivity contribution in [3.8, 4) is 5.75 Å². The summed E-state index contributed by atoms with van der Waals surface area (Å²) in [4.78, 5) is 1.88. The topological polar surface area (TPSA) is 58.7 Å². The number of aliphatic hydroxyl groups is 1. The van der Waals surface area contributed by atoms with E-state index >= 15 is 0 Å². The van der Waals surface area contributed by atoms with Crippen LogP contribution in [0.3, 0.4) is 0 Å². The molecular weight excluding hydrogens is 247 g/mol. The monoisotopic (exact) mass is 270 g/mol. The Balaban J connectivity index is 2.93. The van der Waals surface area contributed by atoms with E-state index in [4.69, 9.17) is 10.5 Å². The first-order chi connectivity index (χ1) is 8.81. The van der Waals surface area contributed by atoms with E-state index in [-0.39, 0.29) is 18.0 Å². The highest BCUT2D eigenvalue weighted by atomic mass is 19.1. The number of hydrogen-bond donors (Lipinski definition) is 2. The highest BCUT2D eigenvalue weighted by Crippen LogP contribution is 2.31. The second kappa shape index (κ2) is 6.61. The molecule has 0 saturated heterocycles. The molecule has 1 aromatic rings. The minimum Gasteiger partial charge on any atom is -0.488 e. The fraction of sp³-hybridized carbons (Fsp3) is 0.571. The van der Waals surface area contributed by atoms with Crippen molar-refractivity contribution in [3.05, 3.63) is 17.9 Å². The van der Waals surface area contributed by atoms with Crippen LogP contribution in [-0.4, -0.2) is 30.9 Å². The first-order valence-electron chi connectivity index (χ1n) is 6.46. The number of nitrogens with two attached hydrogens (primary N) is 1. The number of hydrogen-bond acceptors (Lipinski definition) is 4. The SMILES string of the molecule is CC(O)CCN(C)c1cc(OC(C)C)c(F)cc1N. The van der Waals surface area contributed by atoms with Crippen molar-refractivity contribution in [3.63, 3.8) is 0 Å². The summed E-state index contributed by atoms with van der Waals surface area (Å²) in [5.41, 5.74) is 6.90. The fourth-order valence-corrected chi connectivity index (χ4v) is 1.73. The molecule has 1 atom stereocenters. The molecule has 0 saturated carbocycles. The lowest BCUT2D eigenvalue weighted by atomic mass is 10.2. The van der Waals surface area contributed by atoms with Gasteiger partial charge >= 0.3 is 0 Å². The van der Waals surface area contributed by atoms with Crippen LogP contribution in [0.15, 0.2) is 12.1 Å². The zero-order valence-corrected chi connectivity index (χ0v) is 12.0. The molecule has 1 rings (SSSR count). The summed E-state index contributed by atoms with van der Waals surface area (Å²) in [6.45, 7) is 6.04. The molecule has 0 heterocycles. The van der Waals surface area contributed by atoms with E-state index in [1.807, 2.05) is 25.8 Å². The largest absolute Gasteiger partial charge is 0.488 e. The Kier molecular flexibility index (Phi) is 5.42. The Hall–Kier alpha value is -1.49. The van der Waals surface area contributed by atoms with Gasteiger partial charge in [0, 0.05) is 25.7 Å². The Morgan fingerprint density at radius 2 is 2.00 bits per heavy atom. The minimum absolute atomic E-state index is 0.103. The van der Waals surface area contributed by atoms with Gasteiger partial charge in [0.05, 0.1) is 23.6 Å². The van der Waals surface area contributed by atoms with Gasteiger partial charge in [0.15, 0.2) is 11.6 Å². The van der Waals surface area contributed by atoms with Crippen molar-refractivity contribution in [2.75, 3.05) is 24.2 Å². The molecule has 0 aliphatic carbocycles. The maximum absolute atomic E-state index is 13.7. The highest BCUT2D eigenvalue weighted by Gasteiger charge is 2.13. The molecule has 0 aliphatic heterocycles. The number of ether oxygens (including phenoxy) is 1.